The molecule has 28 heavy (non-hydrogen) atoms. The number of halogens is 1. The molecule has 9 heteroatoms. The number of carbonyl (C=O) groups excluding carboxylic acids is 1. The van der Waals surface area contributed by atoms with E-state index in [0.29, 0.717) is 22.5 Å². The molecule has 3 N–H and O–H groups in total. The molecular weight excluding hydrogens is 361 g/mol. The third-order valence-electron chi connectivity index (χ3n) is 4.52. The van der Waals surface area contributed by atoms with Gasteiger partial charge in [0.1, 0.15) is 29.9 Å². The zero-order valence-electron chi connectivity index (χ0n) is 15.6. The van der Waals surface area contributed by atoms with E-state index >= 15 is 0 Å². The zero-order chi connectivity index (χ0) is 19.8. The number of carbonyl (C=O) groups is 1. The Morgan fingerprint density at radius 3 is 2.82 bits per heavy atom. The van der Waals surface area contributed by atoms with Gasteiger partial charge in [-0.3, -0.25) is 9.36 Å². The van der Waals surface area contributed by atoms with Crippen molar-refractivity contribution in [1.82, 2.24) is 29.6 Å². The number of nitrogen functional groups attached to an aromatic ring is 1. The number of rotatable bonds is 5. The molecule has 8 nitrogen and oxygen atoms in total. The van der Waals surface area contributed by atoms with Crippen molar-refractivity contribution in [2.24, 2.45) is 0 Å². The quantitative estimate of drug-likeness (QED) is 0.553. The van der Waals surface area contributed by atoms with Crippen LogP contribution in [0, 0.1) is 0 Å². The fourth-order valence-electron chi connectivity index (χ4n) is 3.30. The van der Waals surface area contributed by atoms with Gasteiger partial charge in [0.2, 0.25) is 0 Å². The van der Waals surface area contributed by atoms with Gasteiger partial charge < -0.3 is 11.1 Å². The molecule has 0 radical (unpaired) electrons. The number of alkyl halides is 1. The standard InChI is InChI=1S/C19H20FN7O/c1-11(2)27-17-15(16(21)23-10-24-17)18(25-27)26-13-6-4-3-5-12(13)9-14(26)19(28)22-8-7-20/h3-6,9-11H,7-8H2,1-2H3,(H,22,28)(H2,21,23,24). The Morgan fingerprint density at radius 2 is 2.07 bits per heavy atom. The van der Waals surface area contributed by atoms with E-state index in [9.17, 15) is 9.18 Å². The molecule has 4 rings (SSSR count). The van der Waals surface area contributed by atoms with E-state index in [1.165, 1.54) is 6.33 Å². The van der Waals surface area contributed by atoms with E-state index in [1.54, 1.807) is 15.3 Å². The number of nitrogens with two attached hydrogens (primary N) is 1. The molecule has 0 aliphatic carbocycles. The second kappa shape index (κ2) is 6.91. The molecular formula is C19H20FN7O. The van der Waals surface area contributed by atoms with Gasteiger partial charge in [-0.2, -0.15) is 5.10 Å². The lowest BCUT2D eigenvalue weighted by atomic mass is 10.2. The molecule has 0 spiro atoms. The SMILES string of the molecule is CC(C)n1nc(-n2c(C(=O)NCCF)cc3ccccc32)c2c(N)ncnc21. The summed E-state index contributed by atoms with van der Waals surface area (Å²) in [5.41, 5.74) is 7.87. The first-order valence-electron chi connectivity index (χ1n) is 8.96. The van der Waals surface area contributed by atoms with Gasteiger partial charge in [0.25, 0.3) is 5.91 Å². The second-order valence-corrected chi connectivity index (χ2v) is 6.69. The molecule has 0 aliphatic rings. The van der Waals surface area contributed by atoms with Crippen molar-refractivity contribution in [2.45, 2.75) is 19.9 Å². The van der Waals surface area contributed by atoms with Crippen LogP contribution >= 0.6 is 0 Å². The van der Waals surface area contributed by atoms with Crippen LogP contribution in [0.4, 0.5) is 10.2 Å². The average Bonchev–Trinajstić information content (AvgIpc) is 3.25. The first-order valence-corrected chi connectivity index (χ1v) is 8.96. The maximum atomic E-state index is 12.7. The lowest BCUT2D eigenvalue weighted by molar-refractivity contribution is 0.0944. The highest BCUT2D eigenvalue weighted by molar-refractivity contribution is 6.02. The summed E-state index contributed by atoms with van der Waals surface area (Å²) in [4.78, 5) is 21.2. The van der Waals surface area contributed by atoms with Crippen LogP contribution in [0.5, 0.6) is 0 Å². The number of nitrogens with zero attached hydrogens (tertiary/aromatic N) is 5. The van der Waals surface area contributed by atoms with Crippen LogP contribution < -0.4 is 11.1 Å². The first-order chi connectivity index (χ1) is 13.5. The van der Waals surface area contributed by atoms with Crippen molar-refractivity contribution in [3.8, 4) is 5.82 Å². The van der Waals surface area contributed by atoms with Crippen molar-refractivity contribution in [3.05, 3.63) is 42.4 Å². The van der Waals surface area contributed by atoms with Crippen LogP contribution in [0.1, 0.15) is 30.4 Å². The summed E-state index contributed by atoms with van der Waals surface area (Å²) >= 11 is 0. The first kappa shape index (κ1) is 17.9. The van der Waals surface area contributed by atoms with Gasteiger partial charge in [-0.25, -0.2) is 19.0 Å². The van der Waals surface area contributed by atoms with E-state index < -0.39 is 12.6 Å². The fraction of sp³-hybridized carbons (Fsp3) is 0.263. The molecule has 0 atom stereocenters. The molecule has 3 heterocycles. The van der Waals surface area contributed by atoms with Gasteiger partial charge in [-0.15, -0.1) is 0 Å². The molecule has 1 amide bonds. The Hall–Kier alpha value is -3.49. The Morgan fingerprint density at radius 1 is 1.29 bits per heavy atom. The van der Waals surface area contributed by atoms with Crippen LogP contribution in [0.3, 0.4) is 0 Å². The normalized spacial score (nSPS) is 11.6. The molecule has 0 unspecified atom stereocenters. The van der Waals surface area contributed by atoms with Crippen LogP contribution in [0.25, 0.3) is 27.8 Å². The molecule has 0 saturated heterocycles. The summed E-state index contributed by atoms with van der Waals surface area (Å²) in [6.45, 7) is 3.26. The predicted molar refractivity (Wildman–Crippen MR) is 105 cm³/mol. The molecule has 144 valence electrons. The Labute approximate surface area is 160 Å². The minimum atomic E-state index is -0.641. The molecule has 4 aromatic rings. The van der Waals surface area contributed by atoms with Gasteiger partial charge in [-0.05, 0) is 26.0 Å². The van der Waals surface area contributed by atoms with Crippen LogP contribution in [-0.2, 0) is 0 Å². The van der Waals surface area contributed by atoms with E-state index in [4.69, 9.17) is 10.8 Å². The number of amides is 1. The third kappa shape index (κ3) is 2.75. The van der Waals surface area contributed by atoms with Gasteiger partial charge in [0.15, 0.2) is 11.5 Å². The molecule has 0 saturated carbocycles. The number of aromatic nitrogens is 5. The Balaban J connectivity index is 2.06. The third-order valence-corrected chi connectivity index (χ3v) is 4.52. The van der Waals surface area contributed by atoms with Crippen molar-refractivity contribution in [3.63, 3.8) is 0 Å². The van der Waals surface area contributed by atoms with Gasteiger partial charge >= 0.3 is 0 Å². The van der Waals surface area contributed by atoms with Crippen molar-refractivity contribution >= 4 is 33.7 Å². The van der Waals surface area contributed by atoms with Crippen LogP contribution in [0.15, 0.2) is 36.7 Å². The number of nitrogens with one attached hydrogen (secondary N) is 1. The van der Waals surface area contributed by atoms with Gasteiger partial charge in [0.05, 0.1) is 5.52 Å². The predicted octanol–water partition coefficient (Wildman–Crippen LogP) is 2.63. The average molecular weight is 381 g/mol. The van der Waals surface area contributed by atoms with Crippen LogP contribution in [0.2, 0.25) is 0 Å². The lowest BCUT2D eigenvalue weighted by Gasteiger charge is -2.09. The van der Waals surface area contributed by atoms with E-state index in [1.807, 2.05) is 38.1 Å². The number of hydrogen-bond donors (Lipinski definition) is 2. The highest BCUT2D eigenvalue weighted by Gasteiger charge is 2.24. The van der Waals surface area contributed by atoms with Crippen molar-refractivity contribution in [1.29, 1.82) is 0 Å². The van der Waals surface area contributed by atoms with Gasteiger partial charge in [0, 0.05) is 18.0 Å². The number of benzene rings is 1. The second-order valence-electron chi connectivity index (χ2n) is 6.69. The number of fused-ring (bicyclic) bond motifs is 2. The Bertz CT molecular complexity index is 1180. The molecule has 0 bridgehead atoms. The monoisotopic (exact) mass is 381 g/mol. The summed E-state index contributed by atoms with van der Waals surface area (Å²) in [5.74, 6) is 0.352. The smallest absolute Gasteiger partial charge is 0.268 e. The zero-order valence-corrected chi connectivity index (χ0v) is 15.6. The number of anilines is 1. The summed E-state index contributed by atoms with van der Waals surface area (Å²) in [6.07, 6.45) is 1.39. The summed E-state index contributed by atoms with van der Waals surface area (Å²) in [7, 11) is 0. The fourth-order valence-corrected chi connectivity index (χ4v) is 3.30. The lowest BCUT2D eigenvalue weighted by Crippen LogP contribution is -2.27. The Kier molecular flexibility index (Phi) is 4.42. The minimum absolute atomic E-state index is 0.0243. The largest absolute Gasteiger partial charge is 0.383 e. The van der Waals surface area contributed by atoms with Crippen molar-refractivity contribution in [2.75, 3.05) is 19.0 Å². The van der Waals surface area contributed by atoms with E-state index in [2.05, 4.69) is 15.3 Å². The van der Waals surface area contributed by atoms with Crippen molar-refractivity contribution < 1.29 is 9.18 Å². The molecule has 3 aromatic heterocycles. The number of hydrogen-bond acceptors (Lipinski definition) is 5. The maximum absolute atomic E-state index is 12.7. The minimum Gasteiger partial charge on any atom is -0.383 e. The topological polar surface area (TPSA) is 104 Å². The highest BCUT2D eigenvalue weighted by Crippen LogP contribution is 2.31. The molecule has 0 fully saturated rings. The van der Waals surface area contributed by atoms with E-state index in [-0.39, 0.29) is 18.4 Å². The van der Waals surface area contributed by atoms with Gasteiger partial charge in [-0.1, -0.05) is 18.2 Å². The molecule has 0 aliphatic heterocycles. The summed E-state index contributed by atoms with van der Waals surface area (Å²) in [6, 6.07) is 9.34. The number of para-hydroxylation sites is 1. The summed E-state index contributed by atoms with van der Waals surface area (Å²) < 4.78 is 16.1. The summed E-state index contributed by atoms with van der Waals surface area (Å²) in [5, 5.41) is 8.71. The highest BCUT2D eigenvalue weighted by atomic mass is 19.1. The van der Waals surface area contributed by atoms with Crippen LogP contribution in [-0.4, -0.2) is 43.4 Å². The maximum Gasteiger partial charge on any atom is 0.268 e. The molecule has 1 aromatic carbocycles. The van der Waals surface area contributed by atoms with E-state index in [0.717, 1.165) is 10.9 Å².